The van der Waals surface area contributed by atoms with Gasteiger partial charge in [-0.2, -0.15) is 5.26 Å². The Morgan fingerprint density at radius 1 is 1.08 bits per heavy atom. The van der Waals surface area contributed by atoms with Gasteiger partial charge in [0.15, 0.2) is 5.78 Å². The number of hydrogen-bond donors (Lipinski definition) is 2. The van der Waals surface area contributed by atoms with E-state index < -0.39 is 12.7 Å². The van der Waals surface area contributed by atoms with Crippen molar-refractivity contribution in [3.05, 3.63) is 81.4 Å². The molecule has 0 unspecified atom stereocenters. The van der Waals surface area contributed by atoms with Crippen LogP contribution in [0, 0.1) is 11.3 Å². The number of nitriles is 1. The highest BCUT2D eigenvalue weighted by Crippen LogP contribution is 2.39. The highest BCUT2D eigenvalue weighted by atomic mass is 35.5. The van der Waals surface area contributed by atoms with Gasteiger partial charge >= 0.3 is 0 Å². The number of Topliss-reactive ketones (excluding diaryl/α,β-unsaturated/α-hetero) is 1. The number of thiazole rings is 1. The average Bonchev–Trinajstić information content (AvgIpc) is 3.44. The number of aryl methyl sites for hydroxylation is 1. The fourth-order valence-electron chi connectivity index (χ4n) is 4.33. The standard InChI is InChI=1S/C29H24ClN3O4S2/c30-19-8-4-18(5-9-19)28-32-20(15-38-28)16-39-29-23(12-31)26(27-24(33-29)2-1-3-25(27)36)17-6-10-22(11-7-17)37-14-21(35)13-34/h4-11,15,21,34-35H,1-3,13-14,16H2/t21-/m1/s1. The predicted molar refractivity (Wildman–Crippen MR) is 152 cm³/mol. The maximum Gasteiger partial charge on any atom is 0.165 e. The van der Waals surface area contributed by atoms with Crippen molar-refractivity contribution >= 4 is 40.5 Å². The Labute approximate surface area is 239 Å². The average molecular weight is 578 g/mol. The van der Waals surface area contributed by atoms with Crippen LogP contribution >= 0.6 is 34.7 Å². The number of rotatable bonds is 9. The summed E-state index contributed by atoms with van der Waals surface area (Å²) in [7, 11) is 0. The summed E-state index contributed by atoms with van der Waals surface area (Å²) in [5, 5.41) is 32.9. The van der Waals surface area contributed by atoms with E-state index in [1.807, 2.05) is 29.6 Å². The minimum atomic E-state index is -0.973. The highest BCUT2D eigenvalue weighted by Gasteiger charge is 2.28. The van der Waals surface area contributed by atoms with E-state index in [9.17, 15) is 15.2 Å². The molecule has 0 amide bonds. The predicted octanol–water partition coefficient (Wildman–Crippen LogP) is 5.94. The number of thioether (sulfide) groups is 1. The molecule has 2 aromatic carbocycles. The third-order valence-corrected chi connectivity index (χ3v) is 8.44. The van der Waals surface area contributed by atoms with Crippen molar-refractivity contribution in [1.29, 1.82) is 5.26 Å². The van der Waals surface area contributed by atoms with Gasteiger partial charge in [-0.25, -0.2) is 9.97 Å². The summed E-state index contributed by atoms with van der Waals surface area (Å²) in [6.45, 7) is -0.432. The highest BCUT2D eigenvalue weighted by molar-refractivity contribution is 7.98. The van der Waals surface area contributed by atoms with Crippen LogP contribution in [0.1, 0.15) is 40.2 Å². The lowest BCUT2D eigenvalue weighted by atomic mass is 9.86. The zero-order valence-electron chi connectivity index (χ0n) is 20.8. The maximum atomic E-state index is 13.0. The van der Waals surface area contributed by atoms with Gasteiger partial charge in [0, 0.05) is 39.3 Å². The van der Waals surface area contributed by atoms with Crippen LogP contribution in [0.15, 0.2) is 58.9 Å². The van der Waals surface area contributed by atoms with Gasteiger partial charge in [0.2, 0.25) is 0 Å². The topological polar surface area (TPSA) is 116 Å². The van der Waals surface area contributed by atoms with E-state index in [0.29, 0.717) is 56.8 Å². The molecule has 2 N–H and O–H groups in total. The Balaban J connectivity index is 1.45. The first-order valence-electron chi connectivity index (χ1n) is 12.3. The zero-order chi connectivity index (χ0) is 27.4. The molecule has 1 atom stereocenters. The summed E-state index contributed by atoms with van der Waals surface area (Å²) < 4.78 is 5.52. The van der Waals surface area contributed by atoms with Crippen molar-refractivity contribution in [2.75, 3.05) is 13.2 Å². The molecule has 0 aliphatic heterocycles. The minimum Gasteiger partial charge on any atom is -0.491 e. The lowest BCUT2D eigenvalue weighted by Crippen LogP contribution is -2.21. The van der Waals surface area contributed by atoms with E-state index >= 15 is 0 Å². The summed E-state index contributed by atoms with van der Waals surface area (Å²) in [6.07, 6.45) is 0.848. The van der Waals surface area contributed by atoms with Crippen LogP contribution in [0.2, 0.25) is 5.02 Å². The second kappa shape index (κ2) is 12.3. The molecule has 0 radical (unpaired) electrons. The normalized spacial score (nSPS) is 13.5. The van der Waals surface area contributed by atoms with E-state index in [2.05, 4.69) is 6.07 Å². The number of pyridine rings is 1. The molecule has 2 heterocycles. The van der Waals surface area contributed by atoms with Crippen LogP contribution in [0.4, 0.5) is 0 Å². The van der Waals surface area contributed by atoms with Crippen molar-refractivity contribution in [2.45, 2.75) is 36.1 Å². The molecule has 0 spiro atoms. The largest absolute Gasteiger partial charge is 0.491 e. The fraction of sp³-hybridized carbons (Fsp3) is 0.241. The van der Waals surface area contributed by atoms with Crippen molar-refractivity contribution in [3.63, 3.8) is 0 Å². The first-order chi connectivity index (χ1) is 19.0. The number of halogens is 1. The van der Waals surface area contributed by atoms with Crippen molar-refractivity contribution in [3.8, 4) is 33.5 Å². The lowest BCUT2D eigenvalue weighted by Gasteiger charge is -2.21. The fourth-order valence-corrected chi connectivity index (χ4v) is 6.29. The second-order valence-corrected chi connectivity index (χ2v) is 11.2. The first-order valence-corrected chi connectivity index (χ1v) is 14.6. The molecule has 4 aromatic rings. The lowest BCUT2D eigenvalue weighted by molar-refractivity contribution is 0.0536. The number of ether oxygens (including phenoxy) is 1. The van der Waals surface area contributed by atoms with E-state index in [1.54, 1.807) is 35.6 Å². The minimum absolute atomic E-state index is 0.00898. The summed E-state index contributed by atoms with van der Waals surface area (Å²) in [4.78, 5) is 22.6. The third-order valence-electron chi connectivity index (χ3n) is 6.24. The molecule has 1 aliphatic rings. The zero-order valence-corrected chi connectivity index (χ0v) is 23.2. The maximum absolute atomic E-state index is 13.0. The van der Waals surface area contributed by atoms with Crippen LogP contribution in [-0.4, -0.2) is 45.3 Å². The van der Waals surface area contributed by atoms with Gasteiger partial charge in [-0.1, -0.05) is 47.6 Å². The second-order valence-electron chi connectivity index (χ2n) is 8.99. The third kappa shape index (κ3) is 6.16. The number of aliphatic hydroxyl groups excluding tert-OH is 2. The number of hydrogen-bond acceptors (Lipinski definition) is 9. The number of fused-ring (bicyclic) bond motifs is 1. The number of ketones is 1. The number of carbonyl (C=O) groups is 1. The van der Waals surface area contributed by atoms with Gasteiger partial charge in [0.05, 0.1) is 23.6 Å². The van der Waals surface area contributed by atoms with Crippen LogP contribution in [-0.2, 0) is 12.2 Å². The van der Waals surface area contributed by atoms with E-state index in [4.69, 9.17) is 31.4 Å². The molecule has 10 heteroatoms. The number of carbonyl (C=O) groups excluding carboxylic acids is 1. The molecule has 0 bridgehead atoms. The first kappa shape index (κ1) is 27.3. The van der Waals surface area contributed by atoms with Crippen molar-refractivity contribution in [2.24, 2.45) is 0 Å². The van der Waals surface area contributed by atoms with Gasteiger partial charge < -0.3 is 14.9 Å². The number of benzene rings is 2. The number of aliphatic hydroxyl groups is 2. The Hall–Kier alpha value is -3.26. The van der Waals surface area contributed by atoms with Gasteiger partial charge in [-0.05, 0) is 42.7 Å². The molecular weight excluding hydrogens is 554 g/mol. The van der Waals surface area contributed by atoms with Gasteiger partial charge in [-0.3, -0.25) is 4.79 Å². The molecular formula is C29H24ClN3O4S2. The van der Waals surface area contributed by atoms with Gasteiger partial charge in [0.25, 0.3) is 0 Å². The molecule has 0 fully saturated rings. The Bertz CT molecular complexity index is 1530. The van der Waals surface area contributed by atoms with E-state index in [0.717, 1.165) is 28.2 Å². The van der Waals surface area contributed by atoms with Crippen LogP contribution in [0.5, 0.6) is 5.75 Å². The van der Waals surface area contributed by atoms with Crippen LogP contribution in [0.25, 0.3) is 21.7 Å². The summed E-state index contributed by atoms with van der Waals surface area (Å²) in [6, 6.07) is 16.9. The molecule has 2 aromatic heterocycles. The Kier molecular flexibility index (Phi) is 8.60. The van der Waals surface area contributed by atoms with Crippen molar-refractivity contribution < 1.29 is 19.7 Å². The number of aromatic nitrogens is 2. The van der Waals surface area contributed by atoms with Crippen LogP contribution in [0.3, 0.4) is 0 Å². The quantitative estimate of drug-likeness (QED) is 0.235. The Morgan fingerprint density at radius 2 is 1.82 bits per heavy atom. The summed E-state index contributed by atoms with van der Waals surface area (Å²) in [5.74, 6) is 1.02. The molecule has 7 nitrogen and oxygen atoms in total. The molecule has 39 heavy (non-hydrogen) atoms. The van der Waals surface area contributed by atoms with Gasteiger partial charge in [-0.15, -0.1) is 11.3 Å². The van der Waals surface area contributed by atoms with E-state index in [1.165, 1.54) is 11.8 Å². The Morgan fingerprint density at radius 3 is 2.54 bits per heavy atom. The van der Waals surface area contributed by atoms with Gasteiger partial charge in [0.1, 0.15) is 34.6 Å². The number of nitrogens with zero attached hydrogens (tertiary/aromatic N) is 3. The SMILES string of the molecule is N#Cc1c(SCc2csc(-c3ccc(Cl)cc3)n2)nc2c(c1-c1ccc(OC[C@H](O)CO)cc1)C(=O)CCC2. The van der Waals surface area contributed by atoms with E-state index in [-0.39, 0.29) is 12.4 Å². The molecule has 0 saturated heterocycles. The molecule has 1 aliphatic carbocycles. The molecule has 5 rings (SSSR count). The molecule has 198 valence electrons. The smallest absolute Gasteiger partial charge is 0.165 e. The summed E-state index contributed by atoms with van der Waals surface area (Å²) in [5.41, 5.74) is 4.78. The summed E-state index contributed by atoms with van der Waals surface area (Å²) >= 11 is 8.99. The monoisotopic (exact) mass is 577 g/mol. The molecule has 0 saturated carbocycles. The van der Waals surface area contributed by atoms with Crippen LogP contribution < -0.4 is 4.74 Å². The van der Waals surface area contributed by atoms with Crippen molar-refractivity contribution in [1.82, 2.24) is 9.97 Å².